The maximum Gasteiger partial charge on any atom is 0.218 e. The van der Waals surface area contributed by atoms with Crippen LogP contribution in [0.1, 0.15) is 16.7 Å². The molecule has 0 atom stereocenters. The second-order valence-electron chi connectivity index (χ2n) is 6.51. The molecule has 0 amide bonds. The molecule has 4 nitrogen and oxygen atoms in total. The number of sulfonamides is 1. The molecular weight excluding hydrogens is 356 g/mol. The molecule has 1 saturated heterocycles. The van der Waals surface area contributed by atoms with Crippen molar-refractivity contribution >= 4 is 21.6 Å². The number of piperazine rings is 1. The van der Waals surface area contributed by atoms with Gasteiger partial charge in [0.05, 0.1) is 5.75 Å². The average molecular weight is 379 g/mol. The molecule has 0 radical (unpaired) electrons. The summed E-state index contributed by atoms with van der Waals surface area (Å²) in [4.78, 5) is 2.30. The Labute approximate surface area is 155 Å². The Bertz CT molecular complexity index is 814. The fourth-order valence-corrected chi connectivity index (χ4v) is 4.85. The van der Waals surface area contributed by atoms with Gasteiger partial charge in [0, 0.05) is 37.7 Å². The average Bonchev–Trinajstić information content (AvgIpc) is 2.59. The van der Waals surface area contributed by atoms with Crippen molar-refractivity contribution in [2.75, 3.05) is 26.2 Å². The van der Waals surface area contributed by atoms with Crippen LogP contribution in [0.3, 0.4) is 0 Å². The molecule has 1 fully saturated rings. The van der Waals surface area contributed by atoms with E-state index >= 15 is 0 Å². The Hall–Kier alpha value is -1.40. The number of nitrogens with zero attached hydrogens (tertiary/aromatic N) is 2. The summed E-state index contributed by atoms with van der Waals surface area (Å²) in [5.41, 5.74) is 3.17. The third-order valence-electron chi connectivity index (χ3n) is 4.55. The van der Waals surface area contributed by atoms with E-state index in [1.165, 1.54) is 11.1 Å². The van der Waals surface area contributed by atoms with Crippen molar-refractivity contribution in [3.8, 4) is 0 Å². The fourth-order valence-electron chi connectivity index (χ4n) is 3.02. The highest BCUT2D eigenvalue weighted by Crippen LogP contribution is 2.20. The Morgan fingerprint density at radius 2 is 1.60 bits per heavy atom. The van der Waals surface area contributed by atoms with Crippen molar-refractivity contribution < 1.29 is 8.42 Å². The predicted octanol–water partition coefficient (Wildman–Crippen LogP) is 3.30. The topological polar surface area (TPSA) is 40.6 Å². The van der Waals surface area contributed by atoms with Crippen molar-refractivity contribution in [3.05, 3.63) is 70.2 Å². The van der Waals surface area contributed by atoms with E-state index in [4.69, 9.17) is 11.6 Å². The number of benzene rings is 2. The van der Waals surface area contributed by atoms with Crippen LogP contribution >= 0.6 is 11.6 Å². The largest absolute Gasteiger partial charge is 0.296 e. The molecule has 134 valence electrons. The summed E-state index contributed by atoms with van der Waals surface area (Å²) in [6, 6.07) is 15.6. The summed E-state index contributed by atoms with van der Waals surface area (Å²) in [6.45, 7) is 5.48. The summed E-state index contributed by atoms with van der Waals surface area (Å²) < 4.78 is 26.9. The maximum atomic E-state index is 12.7. The zero-order valence-corrected chi connectivity index (χ0v) is 15.9. The molecule has 0 bridgehead atoms. The molecule has 0 saturated carbocycles. The molecule has 0 N–H and O–H groups in total. The summed E-state index contributed by atoms with van der Waals surface area (Å²) in [7, 11) is -3.34. The van der Waals surface area contributed by atoms with Gasteiger partial charge in [0.2, 0.25) is 10.0 Å². The number of rotatable bonds is 5. The lowest BCUT2D eigenvalue weighted by molar-refractivity contribution is 0.181. The van der Waals surface area contributed by atoms with Gasteiger partial charge < -0.3 is 0 Å². The van der Waals surface area contributed by atoms with Crippen LogP contribution in [0.5, 0.6) is 0 Å². The molecule has 2 aromatic carbocycles. The van der Waals surface area contributed by atoms with Gasteiger partial charge in [-0.25, -0.2) is 8.42 Å². The molecule has 25 heavy (non-hydrogen) atoms. The van der Waals surface area contributed by atoms with E-state index in [0.29, 0.717) is 23.7 Å². The predicted molar refractivity (Wildman–Crippen MR) is 102 cm³/mol. The molecule has 2 aromatic rings. The lowest BCUT2D eigenvalue weighted by Gasteiger charge is -2.34. The molecule has 0 unspecified atom stereocenters. The van der Waals surface area contributed by atoms with Gasteiger partial charge in [-0.2, -0.15) is 4.31 Å². The molecule has 1 aliphatic rings. The molecular formula is C19H23ClN2O2S. The van der Waals surface area contributed by atoms with Crippen LogP contribution in [0.4, 0.5) is 0 Å². The SMILES string of the molecule is Cc1ccc(CN2CCN(S(=O)(=O)Cc3ccccc3Cl)CC2)cc1. The van der Waals surface area contributed by atoms with Gasteiger partial charge in [-0.05, 0) is 24.1 Å². The second-order valence-corrected chi connectivity index (χ2v) is 8.88. The van der Waals surface area contributed by atoms with Crippen LogP contribution < -0.4 is 0 Å². The van der Waals surface area contributed by atoms with E-state index in [1.807, 2.05) is 12.1 Å². The number of aryl methyl sites for hydroxylation is 1. The standard InChI is InChI=1S/C19H23ClN2O2S/c1-16-6-8-17(9-7-16)14-21-10-12-22(13-11-21)25(23,24)15-18-4-2-3-5-19(18)20/h2-9H,10-15H2,1H3. The monoisotopic (exact) mass is 378 g/mol. The van der Waals surface area contributed by atoms with Gasteiger partial charge in [0.1, 0.15) is 0 Å². The minimum atomic E-state index is -3.34. The first-order valence-corrected chi connectivity index (χ1v) is 10.4. The second kappa shape index (κ2) is 7.87. The Morgan fingerprint density at radius 3 is 2.24 bits per heavy atom. The third kappa shape index (κ3) is 4.82. The van der Waals surface area contributed by atoms with E-state index in [2.05, 4.69) is 36.1 Å². The molecule has 3 rings (SSSR count). The molecule has 1 heterocycles. The smallest absolute Gasteiger partial charge is 0.218 e. The van der Waals surface area contributed by atoms with E-state index in [1.54, 1.807) is 16.4 Å². The minimum Gasteiger partial charge on any atom is -0.296 e. The fraction of sp³-hybridized carbons (Fsp3) is 0.368. The first-order valence-electron chi connectivity index (χ1n) is 8.43. The van der Waals surface area contributed by atoms with Gasteiger partial charge in [-0.1, -0.05) is 59.6 Å². The Kier molecular flexibility index (Phi) is 5.79. The molecule has 0 spiro atoms. The lowest BCUT2D eigenvalue weighted by Crippen LogP contribution is -2.48. The van der Waals surface area contributed by atoms with Crippen LogP contribution in [-0.2, 0) is 22.3 Å². The zero-order valence-electron chi connectivity index (χ0n) is 14.4. The molecule has 6 heteroatoms. The van der Waals surface area contributed by atoms with Gasteiger partial charge in [0.15, 0.2) is 0 Å². The van der Waals surface area contributed by atoms with Gasteiger partial charge in [0.25, 0.3) is 0 Å². The van der Waals surface area contributed by atoms with Crippen molar-refractivity contribution in [2.45, 2.75) is 19.2 Å². The third-order valence-corrected chi connectivity index (χ3v) is 6.74. The van der Waals surface area contributed by atoms with Crippen molar-refractivity contribution in [1.82, 2.24) is 9.21 Å². The number of halogens is 1. The minimum absolute atomic E-state index is 0.0371. The van der Waals surface area contributed by atoms with E-state index in [-0.39, 0.29) is 5.75 Å². The van der Waals surface area contributed by atoms with Crippen LogP contribution in [0.25, 0.3) is 0 Å². The summed E-state index contributed by atoms with van der Waals surface area (Å²) >= 11 is 6.10. The van der Waals surface area contributed by atoms with Gasteiger partial charge in [-0.3, -0.25) is 4.90 Å². The van der Waals surface area contributed by atoms with Crippen molar-refractivity contribution in [2.24, 2.45) is 0 Å². The van der Waals surface area contributed by atoms with E-state index in [9.17, 15) is 8.42 Å². The Balaban J connectivity index is 1.57. The van der Waals surface area contributed by atoms with Gasteiger partial charge >= 0.3 is 0 Å². The van der Waals surface area contributed by atoms with Crippen LogP contribution in [0, 0.1) is 6.92 Å². The zero-order chi connectivity index (χ0) is 17.9. The number of hydrogen-bond donors (Lipinski definition) is 0. The lowest BCUT2D eigenvalue weighted by atomic mass is 10.1. The van der Waals surface area contributed by atoms with E-state index in [0.717, 1.165) is 19.6 Å². The highest BCUT2D eigenvalue weighted by atomic mass is 35.5. The van der Waals surface area contributed by atoms with Crippen LogP contribution in [0.15, 0.2) is 48.5 Å². The molecule has 1 aliphatic heterocycles. The molecule has 0 aromatic heterocycles. The van der Waals surface area contributed by atoms with E-state index < -0.39 is 10.0 Å². The Morgan fingerprint density at radius 1 is 0.960 bits per heavy atom. The molecule has 0 aliphatic carbocycles. The number of hydrogen-bond acceptors (Lipinski definition) is 3. The normalized spacial score (nSPS) is 16.9. The maximum absolute atomic E-state index is 12.7. The summed E-state index contributed by atoms with van der Waals surface area (Å²) in [5, 5.41) is 0.504. The van der Waals surface area contributed by atoms with Crippen molar-refractivity contribution in [3.63, 3.8) is 0 Å². The highest BCUT2D eigenvalue weighted by molar-refractivity contribution is 7.88. The van der Waals surface area contributed by atoms with Crippen LogP contribution in [0.2, 0.25) is 5.02 Å². The van der Waals surface area contributed by atoms with Gasteiger partial charge in [-0.15, -0.1) is 0 Å². The summed E-state index contributed by atoms with van der Waals surface area (Å²) in [6.07, 6.45) is 0. The van der Waals surface area contributed by atoms with Crippen LogP contribution in [-0.4, -0.2) is 43.8 Å². The first-order chi connectivity index (χ1) is 11.9. The first kappa shape index (κ1) is 18.4. The summed E-state index contributed by atoms with van der Waals surface area (Å²) in [5.74, 6) is -0.0371. The quantitative estimate of drug-likeness (QED) is 0.801. The highest BCUT2D eigenvalue weighted by Gasteiger charge is 2.27. The van der Waals surface area contributed by atoms with Crippen molar-refractivity contribution in [1.29, 1.82) is 0 Å².